The van der Waals surface area contributed by atoms with Gasteiger partial charge in [-0.2, -0.15) is 5.10 Å². The molecule has 0 spiro atoms. The number of anilines is 1. The minimum Gasteiger partial charge on any atom is -0.296 e. The Morgan fingerprint density at radius 1 is 1.22 bits per heavy atom. The molecule has 0 atom stereocenters. The minimum atomic E-state index is -0.214. The van der Waals surface area contributed by atoms with E-state index in [2.05, 4.69) is 51.8 Å². The largest absolute Gasteiger partial charge is 0.296 e. The summed E-state index contributed by atoms with van der Waals surface area (Å²) in [5.74, 6) is -0.214. The molecule has 1 aromatic carbocycles. The Kier molecular flexibility index (Phi) is 4.20. The maximum atomic E-state index is 12.2. The van der Waals surface area contributed by atoms with Crippen LogP contribution >= 0.6 is 11.3 Å². The zero-order valence-corrected chi connectivity index (χ0v) is 14.0. The van der Waals surface area contributed by atoms with Gasteiger partial charge in [0.25, 0.3) is 5.91 Å². The molecule has 3 rings (SSSR count). The lowest BCUT2D eigenvalue weighted by atomic mass is 10.1. The van der Waals surface area contributed by atoms with Crippen LogP contribution in [-0.2, 0) is 13.5 Å². The van der Waals surface area contributed by atoms with Crippen molar-refractivity contribution in [2.24, 2.45) is 7.05 Å². The first-order valence-electron chi connectivity index (χ1n) is 7.21. The lowest BCUT2D eigenvalue weighted by Gasteiger charge is -2.00. The predicted molar refractivity (Wildman–Crippen MR) is 89.8 cm³/mol. The summed E-state index contributed by atoms with van der Waals surface area (Å²) >= 11 is 1.39. The minimum absolute atomic E-state index is 0.214. The van der Waals surface area contributed by atoms with Crippen molar-refractivity contribution in [3.8, 4) is 0 Å². The van der Waals surface area contributed by atoms with Crippen LogP contribution in [0.15, 0.2) is 30.5 Å². The first-order chi connectivity index (χ1) is 11.0. The number of aryl methyl sites for hydroxylation is 2. The molecule has 2 heterocycles. The number of benzene rings is 1. The van der Waals surface area contributed by atoms with Gasteiger partial charge in [-0.05, 0) is 19.4 Å². The van der Waals surface area contributed by atoms with E-state index in [0.29, 0.717) is 17.1 Å². The molecule has 23 heavy (non-hydrogen) atoms. The van der Waals surface area contributed by atoms with Gasteiger partial charge in [0.05, 0.1) is 11.8 Å². The van der Waals surface area contributed by atoms with Gasteiger partial charge in [0.15, 0.2) is 0 Å². The van der Waals surface area contributed by atoms with Gasteiger partial charge in [-0.1, -0.05) is 41.2 Å². The van der Waals surface area contributed by atoms with E-state index in [1.807, 2.05) is 6.92 Å². The number of amides is 1. The summed E-state index contributed by atoms with van der Waals surface area (Å²) in [6.07, 6.45) is 2.26. The summed E-state index contributed by atoms with van der Waals surface area (Å²) in [5.41, 5.74) is 3.76. The molecule has 0 radical (unpaired) electrons. The number of hydrogen-bond acceptors (Lipinski definition) is 5. The third-order valence-corrected chi connectivity index (χ3v) is 4.48. The summed E-state index contributed by atoms with van der Waals surface area (Å²) < 4.78 is 1.66. The highest BCUT2D eigenvalue weighted by molar-refractivity contribution is 7.15. The van der Waals surface area contributed by atoms with E-state index in [1.165, 1.54) is 22.5 Å². The molecule has 3 aromatic rings. The maximum absolute atomic E-state index is 12.2. The van der Waals surface area contributed by atoms with Crippen molar-refractivity contribution in [3.05, 3.63) is 57.9 Å². The van der Waals surface area contributed by atoms with Crippen molar-refractivity contribution in [1.29, 1.82) is 0 Å². The Labute approximate surface area is 138 Å². The summed E-state index contributed by atoms with van der Waals surface area (Å²) in [6, 6.07) is 8.30. The molecule has 7 heteroatoms. The average Bonchev–Trinajstić information content (AvgIpc) is 3.09. The van der Waals surface area contributed by atoms with Crippen molar-refractivity contribution >= 4 is 22.4 Å². The summed E-state index contributed by atoms with van der Waals surface area (Å²) in [5, 5.41) is 16.4. The third-order valence-electron chi connectivity index (χ3n) is 3.64. The van der Waals surface area contributed by atoms with Crippen LogP contribution in [0.2, 0.25) is 0 Å². The molecule has 0 fully saturated rings. The Bertz CT molecular complexity index is 835. The molecule has 0 aliphatic rings. The summed E-state index contributed by atoms with van der Waals surface area (Å²) in [4.78, 5) is 12.2. The van der Waals surface area contributed by atoms with Crippen molar-refractivity contribution in [3.63, 3.8) is 0 Å². The normalized spacial score (nSPS) is 10.7. The fourth-order valence-corrected chi connectivity index (χ4v) is 2.91. The molecule has 0 bridgehead atoms. The zero-order valence-electron chi connectivity index (χ0n) is 13.2. The van der Waals surface area contributed by atoms with Gasteiger partial charge in [-0.3, -0.25) is 14.8 Å². The SMILES string of the molecule is Cc1ccc(Cc2nnc(NC(=O)c3cnn(C)c3C)s2)cc1. The quantitative estimate of drug-likeness (QED) is 0.800. The van der Waals surface area contributed by atoms with Crippen molar-refractivity contribution < 1.29 is 4.79 Å². The van der Waals surface area contributed by atoms with Crippen LogP contribution in [0.5, 0.6) is 0 Å². The zero-order chi connectivity index (χ0) is 16.4. The molecule has 0 aliphatic heterocycles. The number of nitrogens with one attached hydrogen (secondary N) is 1. The molecule has 0 saturated carbocycles. The number of carbonyl (C=O) groups is 1. The fourth-order valence-electron chi connectivity index (χ4n) is 2.14. The molecular weight excluding hydrogens is 310 g/mol. The Morgan fingerprint density at radius 2 is 1.96 bits per heavy atom. The number of aromatic nitrogens is 4. The smallest absolute Gasteiger partial charge is 0.260 e. The highest BCUT2D eigenvalue weighted by Gasteiger charge is 2.15. The van der Waals surface area contributed by atoms with Crippen LogP contribution in [0.3, 0.4) is 0 Å². The molecule has 0 unspecified atom stereocenters. The second kappa shape index (κ2) is 6.29. The van der Waals surface area contributed by atoms with Gasteiger partial charge in [-0.15, -0.1) is 10.2 Å². The molecule has 1 N–H and O–H groups in total. The van der Waals surface area contributed by atoms with Crippen LogP contribution < -0.4 is 5.32 Å². The molecule has 0 saturated heterocycles. The lowest BCUT2D eigenvalue weighted by molar-refractivity contribution is 0.102. The molecule has 0 aliphatic carbocycles. The average molecular weight is 327 g/mol. The van der Waals surface area contributed by atoms with Gasteiger partial charge in [0, 0.05) is 19.2 Å². The van der Waals surface area contributed by atoms with Crippen molar-refractivity contribution in [2.45, 2.75) is 20.3 Å². The number of hydrogen-bond donors (Lipinski definition) is 1. The Hall–Kier alpha value is -2.54. The second-order valence-electron chi connectivity index (χ2n) is 5.38. The van der Waals surface area contributed by atoms with E-state index >= 15 is 0 Å². The van der Waals surface area contributed by atoms with E-state index in [-0.39, 0.29) is 5.91 Å². The standard InChI is InChI=1S/C16H17N5OS/c1-10-4-6-12(7-5-10)8-14-19-20-16(23-14)18-15(22)13-9-17-21(3)11(13)2/h4-7,9H,8H2,1-3H3,(H,18,20,22). The molecule has 2 aromatic heterocycles. The van der Waals surface area contributed by atoms with Crippen LogP contribution in [-0.4, -0.2) is 25.9 Å². The van der Waals surface area contributed by atoms with E-state index in [9.17, 15) is 4.79 Å². The second-order valence-corrected chi connectivity index (χ2v) is 6.45. The predicted octanol–water partition coefficient (Wildman–Crippen LogP) is 2.73. The van der Waals surface area contributed by atoms with E-state index in [0.717, 1.165) is 10.7 Å². The third kappa shape index (κ3) is 3.45. The summed E-state index contributed by atoms with van der Waals surface area (Å²) in [6.45, 7) is 3.91. The number of carbonyl (C=O) groups excluding carboxylic acids is 1. The van der Waals surface area contributed by atoms with Crippen molar-refractivity contribution in [1.82, 2.24) is 20.0 Å². The maximum Gasteiger partial charge on any atom is 0.260 e. The lowest BCUT2D eigenvalue weighted by Crippen LogP contribution is -2.12. The Balaban J connectivity index is 1.68. The van der Waals surface area contributed by atoms with Gasteiger partial charge in [0.2, 0.25) is 5.13 Å². The molecule has 6 nitrogen and oxygen atoms in total. The first-order valence-corrected chi connectivity index (χ1v) is 8.02. The van der Waals surface area contributed by atoms with Gasteiger partial charge in [0.1, 0.15) is 5.01 Å². The van der Waals surface area contributed by atoms with Crippen LogP contribution in [0.25, 0.3) is 0 Å². The van der Waals surface area contributed by atoms with Crippen LogP contribution in [0, 0.1) is 13.8 Å². The first kappa shape index (κ1) is 15.4. The summed E-state index contributed by atoms with van der Waals surface area (Å²) in [7, 11) is 1.80. The number of nitrogens with zero attached hydrogens (tertiary/aromatic N) is 4. The topological polar surface area (TPSA) is 72.7 Å². The molecule has 1 amide bonds. The van der Waals surface area contributed by atoms with E-state index in [1.54, 1.807) is 17.9 Å². The Morgan fingerprint density at radius 3 is 2.61 bits per heavy atom. The van der Waals surface area contributed by atoms with Gasteiger partial charge >= 0.3 is 0 Å². The van der Waals surface area contributed by atoms with Gasteiger partial charge < -0.3 is 0 Å². The van der Waals surface area contributed by atoms with E-state index in [4.69, 9.17) is 0 Å². The monoisotopic (exact) mass is 327 g/mol. The van der Waals surface area contributed by atoms with Crippen molar-refractivity contribution in [2.75, 3.05) is 5.32 Å². The highest BCUT2D eigenvalue weighted by Crippen LogP contribution is 2.20. The molecule has 118 valence electrons. The van der Waals surface area contributed by atoms with Crippen LogP contribution in [0.1, 0.15) is 32.2 Å². The highest BCUT2D eigenvalue weighted by atomic mass is 32.1. The fraction of sp³-hybridized carbons (Fsp3) is 0.250. The van der Waals surface area contributed by atoms with Gasteiger partial charge in [-0.25, -0.2) is 0 Å². The number of rotatable bonds is 4. The van der Waals surface area contributed by atoms with Crippen LogP contribution in [0.4, 0.5) is 5.13 Å². The molecular formula is C16H17N5OS. The van der Waals surface area contributed by atoms with E-state index < -0.39 is 0 Å².